The minimum atomic E-state index is -1.07. The average molecular weight is 300 g/mol. The molecule has 1 amide bonds. The fraction of sp³-hybridized carbons (Fsp3) is 0.500. The Hall–Kier alpha value is -2.05. The van der Waals surface area contributed by atoms with Crippen LogP contribution in [0.15, 0.2) is 12.3 Å². The number of nitrogens with zero attached hydrogens (tertiary/aromatic N) is 2. The molecule has 0 N–H and O–H groups in total. The molecule has 0 aliphatic carbocycles. The number of carbonyl (C=O) groups excluding carboxylic acids is 2. The first-order valence-electron chi connectivity index (χ1n) is 6.45. The number of esters is 1. The Balaban J connectivity index is 3.08. The number of hydrogen-bond donors (Lipinski definition) is 0. The van der Waals surface area contributed by atoms with Gasteiger partial charge in [-0.3, -0.25) is 9.59 Å². The third-order valence-corrected chi connectivity index (χ3v) is 2.66. The summed E-state index contributed by atoms with van der Waals surface area (Å²) in [6.45, 7) is 6.54. The van der Waals surface area contributed by atoms with Crippen LogP contribution in [0.1, 0.15) is 38.2 Å². The van der Waals surface area contributed by atoms with Gasteiger partial charge < -0.3 is 9.64 Å². The van der Waals surface area contributed by atoms with E-state index in [1.807, 2.05) is 0 Å². The Labute approximate surface area is 121 Å². The van der Waals surface area contributed by atoms with Gasteiger partial charge in [0, 0.05) is 11.6 Å². The first-order valence-corrected chi connectivity index (χ1v) is 6.45. The largest absolute Gasteiger partial charge is 0.465 e. The summed E-state index contributed by atoms with van der Waals surface area (Å²) in [5.41, 5.74) is -1.29. The Morgan fingerprint density at radius 3 is 2.43 bits per heavy atom. The monoisotopic (exact) mass is 300 g/mol. The van der Waals surface area contributed by atoms with Gasteiger partial charge in [-0.05, 0) is 27.7 Å². The molecule has 5 nitrogen and oxygen atoms in total. The number of hydrogen-bond acceptors (Lipinski definition) is 4. The fourth-order valence-corrected chi connectivity index (χ4v) is 1.65. The van der Waals surface area contributed by atoms with Crippen LogP contribution in [-0.4, -0.2) is 40.5 Å². The fourth-order valence-electron chi connectivity index (χ4n) is 1.65. The van der Waals surface area contributed by atoms with Crippen LogP contribution in [0.3, 0.4) is 0 Å². The van der Waals surface area contributed by atoms with E-state index < -0.39 is 34.7 Å². The van der Waals surface area contributed by atoms with E-state index >= 15 is 0 Å². The molecule has 0 unspecified atom stereocenters. The average Bonchev–Trinajstić information content (AvgIpc) is 2.34. The summed E-state index contributed by atoms with van der Waals surface area (Å²) in [5, 5.41) is 0. The Kier molecular flexibility index (Phi) is 5.34. The van der Waals surface area contributed by atoms with Crippen LogP contribution in [0.4, 0.5) is 8.78 Å². The molecular weight excluding hydrogens is 282 g/mol. The van der Waals surface area contributed by atoms with Crippen molar-refractivity contribution in [2.75, 3.05) is 13.2 Å². The highest BCUT2D eigenvalue weighted by atomic mass is 19.1. The third-order valence-electron chi connectivity index (χ3n) is 2.66. The zero-order valence-corrected chi connectivity index (χ0v) is 12.4. The topological polar surface area (TPSA) is 59.5 Å². The number of carbonyl (C=O) groups is 2. The molecule has 0 saturated heterocycles. The summed E-state index contributed by atoms with van der Waals surface area (Å²) < 4.78 is 31.3. The van der Waals surface area contributed by atoms with Gasteiger partial charge in [-0.2, -0.15) is 0 Å². The van der Waals surface area contributed by atoms with Gasteiger partial charge in [-0.25, -0.2) is 13.8 Å². The van der Waals surface area contributed by atoms with Crippen molar-refractivity contribution < 1.29 is 23.1 Å². The molecule has 0 aliphatic rings. The first kappa shape index (κ1) is 17.0. The van der Waals surface area contributed by atoms with E-state index in [-0.39, 0.29) is 13.2 Å². The minimum absolute atomic E-state index is 0.175. The summed E-state index contributed by atoms with van der Waals surface area (Å²) in [6.07, 6.45) is 0.752. The molecule has 0 spiro atoms. The van der Waals surface area contributed by atoms with Crippen molar-refractivity contribution in [1.29, 1.82) is 0 Å². The van der Waals surface area contributed by atoms with E-state index in [0.29, 0.717) is 6.07 Å². The van der Waals surface area contributed by atoms with E-state index in [2.05, 4.69) is 4.98 Å². The minimum Gasteiger partial charge on any atom is -0.465 e. The third kappa shape index (κ3) is 4.47. The lowest BCUT2D eigenvalue weighted by atomic mass is 10.1. The number of aromatic nitrogens is 1. The number of halogens is 2. The smallest absolute Gasteiger partial charge is 0.325 e. The maximum Gasteiger partial charge on any atom is 0.325 e. The first-order chi connectivity index (χ1) is 9.66. The maximum absolute atomic E-state index is 13.7. The molecular formula is C14H18F2N2O3. The maximum atomic E-state index is 13.7. The second-order valence-corrected chi connectivity index (χ2v) is 5.35. The molecule has 116 valence electrons. The van der Waals surface area contributed by atoms with Crippen molar-refractivity contribution in [1.82, 2.24) is 9.88 Å². The van der Waals surface area contributed by atoms with Gasteiger partial charge >= 0.3 is 5.97 Å². The van der Waals surface area contributed by atoms with Crippen molar-refractivity contribution in [3.63, 3.8) is 0 Å². The summed E-state index contributed by atoms with van der Waals surface area (Å²) in [4.78, 5) is 28.5. The summed E-state index contributed by atoms with van der Waals surface area (Å²) in [6, 6.07) is 0.575. The molecule has 1 aromatic rings. The number of amides is 1. The van der Waals surface area contributed by atoms with Gasteiger partial charge in [0.1, 0.15) is 12.4 Å². The summed E-state index contributed by atoms with van der Waals surface area (Å²) in [7, 11) is 0. The highest BCUT2D eigenvalue weighted by Gasteiger charge is 2.32. The van der Waals surface area contributed by atoms with Gasteiger partial charge in [0.05, 0.1) is 12.8 Å². The summed E-state index contributed by atoms with van der Waals surface area (Å²) in [5.74, 6) is -3.36. The van der Waals surface area contributed by atoms with Crippen molar-refractivity contribution in [3.05, 3.63) is 29.6 Å². The second-order valence-electron chi connectivity index (χ2n) is 5.35. The lowest BCUT2D eigenvalue weighted by Crippen LogP contribution is -2.49. The van der Waals surface area contributed by atoms with Crippen LogP contribution in [0.25, 0.3) is 0 Å². The molecule has 1 rings (SSSR count). The highest BCUT2D eigenvalue weighted by Crippen LogP contribution is 2.18. The van der Waals surface area contributed by atoms with Crippen LogP contribution >= 0.6 is 0 Å². The SMILES string of the molecule is CCOC(=O)CN(C(=O)c1ncc(F)cc1F)C(C)(C)C. The van der Waals surface area contributed by atoms with Gasteiger partial charge in [-0.15, -0.1) is 0 Å². The lowest BCUT2D eigenvalue weighted by molar-refractivity contribution is -0.144. The molecule has 0 aliphatic heterocycles. The van der Waals surface area contributed by atoms with Gasteiger partial charge in [0.15, 0.2) is 11.5 Å². The van der Waals surface area contributed by atoms with Crippen molar-refractivity contribution in [3.8, 4) is 0 Å². The number of pyridine rings is 1. The molecule has 21 heavy (non-hydrogen) atoms. The standard InChI is InChI=1S/C14H18F2N2O3/c1-5-21-11(19)8-18(14(2,3)4)13(20)12-10(16)6-9(15)7-17-12/h6-7H,5,8H2,1-4H3. The van der Waals surface area contributed by atoms with Crippen LogP contribution in [0.5, 0.6) is 0 Å². The number of ether oxygens (including phenoxy) is 1. The van der Waals surface area contributed by atoms with Gasteiger partial charge in [0.2, 0.25) is 0 Å². The van der Waals surface area contributed by atoms with Crippen LogP contribution in [-0.2, 0) is 9.53 Å². The predicted octanol–water partition coefficient (Wildman–Crippen LogP) is 2.16. The Bertz CT molecular complexity index is 542. The van der Waals surface area contributed by atoms with E-state index in [4.69, 9.17) is 4.74 Å². The lowest BCUT2D eigenvalue weighted by Gasteiger charge is -2.34. The van der Waals surface area contributed by atoms with Crippen LogP contribution < -0.4 is 0 Å². The van der Waals surface area contributed by atoms with E-state index in [9.17, 15) is 18.4 Å². The molecule has 1 aromatic heterocycles. The second kappa shape index (κ2) is 6.60. The van der Waals surface area contributed by atoms with E-state index in [0.717, 1.165) is 11.1 Å². The quantitative estimate of drug-likeness (QED) is 0.800. The number of rotatable bonds is 4. The molecule has 1 heterocycles. The Morgan fingerprint density at radius 2 is 1.95 bits per heavy atom. The van der Waals surface area contributed by atoms with Crippen molar-refractivity contribution in [2.24, 2.45) is 0 Å². The molecule has 0 atom stereocenters. The van der Waals surface area contributed by atoms with Gasteiger partial charge in [0.25, 0.3) is 5.91 Å². The van der Waals surface area contributed by atoms with E-state index in [1.165, 1.54) is 0 Å². The van der Waals surface area contributed by atoms with Crippen LogP contribution in [0, 0.1) is 11.6 Å². The summed E-state index contributed by atoms with van der Waals surface area (Å²) >= 11 is 0. The predicted molar refractivity (Wildman–Crippen MR) is 71.6 cm³/mol. The normalized spacial score (nSPS) is 11.1. The molecule has 0 fully saturated rings. The molecule has 0 aromatic carbocycles. The molecule has 0 saturated carbocycles. The Morgan fingerprint density at radius 1 is 1.33 bits per heavy atom. The van der Waals surface area contributed by atoms with Gasteiger partial charge in [-0.1, -0.05) is 0 Å². The van der Waals surface area contributed by atoms with Crippen molar-refractivity contribution in [2.45, 2.75) is 33.2 Å². The highest BCUT2D eigenvalue weighted by molar-refractivity contribution is 5.95. The van der Waals surface area contributed by atoms with E-state index in [1.54, 1.807) is 27.7 Å². The zero-order chi connectivity index (χ0) is 16.2. The van der Waals surface area contributed by atoms with Crippen molar-refractivity contribution >= 4 is 11.9 Å². The van der Waals surface area contributed by atoms with Crippen LogP contribution in [0.2, 0.25) is 0 Å². The molecule has 0 radical (unpaired) electrons. The molecule has 7 heteroatoms. The zero-order valence-electron chi connectivity index (χ0n) is 12.4. The molecule has 0 bridgehead atoms.